The zero-order valence-electron chi connectivity index (χ0n) is 11.5. The highest BCUT2D eigenvalue weighted by Crippen LogP contribution is 2.42. The van der Waals surface area contributed by atoms with Crippen LogP contribution in [0, 0.1) is 11.7 Å². The summed E-state index contributed by atoms with van der Waals surface area (Å²) in [5.74, 6) is -1.33. The monoisotopic (exact) mass is 292 g/mol. The molecule has 0 bridgehead atoms. The van der Waals surface area contributed by atoms with E-state index >= 15 is 0 Å². The van der Waals surface area contributed by atoms with Gasteiger partial charge in [-0.2, -0.15) is 0 Å². The number of likely N-dealkylation sites (tertiary alicyclic amines) is 1. The van der Waals surface area contributed by atoms with Gasteiger partial charge >= 0.3 is 12.0 Å². The molecule has 2 amide bonds. The van der Waals surface area contributed by atoms with E-state index in [2.05, 4.69) is 5.32 Å². The summed E-state index contributed by atoms with van der Waals surface area (Å²) in [7, 11) is 0. The maximum atomic E-state index is 13.7. The Morgan fingerprint density at radius 2 is 2.05 bits per heavy atom. The van der Waals surface area contributed by atoms with Crippen molar-refractivity contribution in [3.05, 3.63) is 29.6 Å². The Hall–Kier alpha value is -2.11. The van der Waals surface area contributed by atoms with Crippen LogP contribution in [0.1, 0.15) is 30.7 Å². The Bertz CT molecular complexity index is 586. The molecule has 21 heavy (non-hydrogen) atoms. The van der Waals surface area contributed by atoms with E-state index in [1.54, 1.807) is 6.07 Å². The summed E-state index contributed by atoms with van der Waals surface area (Å²) in [6.45, 7) is 0.650. The third-order valence-corrected chi connectivity index (χ3v) is 4.09. The van der Waals surface area contributed by atoms with Crippen molar-refractivity contribution in [2.24, 2.45) is 5.92 Å². The SMILES string of the molecule is O=C(O)C1CCN(C(=O)Nc2ccc(F)c(C3CC3)c2)C1. The first-order valence-corrected chi connectivity index (χ1v) is 7.13. The minimum absolute atomic E-state index is 0.220. The van der Waals surface area contributed by atoms with Crippen LogP contribution in [0.25, 0.3) is 0 Å². The average molecular weight is 292 g/mol. The highest BCUT2D eigenvalue weighted by molar-refractivity contribution is 5.90. The second-order valence-electron chi connectivity index (χ2n) is 5.71. The summed E-state index contributed by atoms with van der Waals surface area (Å²) in [6.07, 6.45) is 2.45. The molecule has 1 unspecified atom stereocenters. The topological polar surface area (TPSA) is 69.6 Å². The number of carbonyl (C=O) groups excluding carboxylic acids is 1. The number of amides is 2. The maximum absolute atomic E-state index is 13.7. The molecular weight excluding hydrogens is 275 g/mol. The maximum Gasteiger partial charge on any atom is 0.321 e. The van der Waals surface area contributed by atoms with Crippen molar-refractivity contribution in [1.82, 2.24) is 4.90 Å². The molecule has 1 aliphatic heterocycles. The van der Waals surface area contributed by atoms with E-state index < -0.39 is 11.9 Å². The zero-order valence-corrected chi connectivity index (χ0v) is 11.5. The highest BCUT2D eigenvalue weighted by atomic mass is 19.1. The lowest BCUT2D eigenvalue weighted by Gasteiger charge is -2.17. The van der Waals surface area contributed by atoms with Crippen LogP contribution in [-0.2, 0) is 4.79 Å². The lowest BCUT2D eigenvalue weighted by atomic mass is 10.1. The number of anilines is 1. The van der Waals surface area contributed by atoms with E-state index in [9.17, 15) is 14.0 Å². The van der Waals surface area contributed by atoms with E-state index in [4.69, 9.17) is 5.11 Å². The standard InChI is InChI=1S/C15H17FN2O3/c16-13-4-3-11(7-12(13)9-1-2-9)17-15(21)18-6-5-10(8-18)14(19)20/h3-4,7,9-10H,1-2,5-6,8H2,(H,17,21)(H,19,20). The summed E-state index contributed by atoms with van der Waals surface area (Å²) < 4.78 is 13.7. The van der Waals surface area contributed by atoms with Crippen molar-refractivity contribution < 1.29 is 19.1 Å². The Morgan fingerprint density at radius 1 is 1.29 bits per heavy atom. The van der Waals surface area contributed by atoms with Crippen molar-refractivity contribution in [2.75, 3.05) is 18.4 Å². The molecule has 1 heterocycles. The molecule has 3 rings (SSSR count). The smallest absolute Gasteiger partial charge is 0.321 e. The van der Waals surface area contributed by atoms with Gasteiger partial charge in [0.05, 0.1) is 5.92 Å². The predicted molar refractivity (Wildman–Crippen MR) is 74.7 cm³/mol. The summed E-state index contributed by atoms with van der Waals surface area (Å²) in [5, 5.41) is 11.7. The van der Waals surface area contributed by atoms with Gasteiger partial charge in [-0.25, -0.2) is 9.18 Å². The zero-order chi connectivity index (χ0) is 15.0. The van der Waals surface area contributed by atoms with Crippen LogP contribution >= 0.6 is 0 Å². The molecule has 1 saturated heterocycles. The van der Waals surface area contributed by atoms with Gasteiger partial charge in [0, 0.05) is 18.8 Å². The molecule has 2 aliphatic rings. The van der Waals surface area contributed by atoms with Crippen molar-refractivity contribution in [1.29, 1.82) is 0 Å². The van der Waals surface area contributed by atoms with Crippen molar-refractivity contribution in [2.45, 2.75) is 25.2 Å². The molecule has 1 atom stereocenters. The van der Waals surface area contributed by atoms with Crippen LogP contribution in [-0.4, -0.2) is 35.1 Å². The number of carboxylic acid groups (broad SMARTS) is 1. The summed E-state index contributed by atoms with van der Waals surface area (Å²) in [4.78, 5) is 24.5. The molecule has 6 heteroatoms. The molecule has 1 aromatic rings. The van der Waals surface area contributed by atoms with Gasteiger partial charge in [0.25, 0.3) is 0 Å². The second-order valence-corrected chi connectivity index (χ2v) is 5.71. The predicted octanol–water partition coefficient (Wildman–Crippen LogP) is 2.64. The Labute approximate surface area is 121 Å². The molecule has 112 valence electrons. The minimum atomic E-state index is -0.872. The lowest BCUT2D eigenvalue weighted by molar-refractivity contribution is -0.141. The fraction of sp³-hybridized carbons (Fsp3) is 0.467. The summed E-state index contributed by atoms with van der Waals surface area (Å²) in [6, 6.07) is 4.25. The Kier molecular flexibility index (Phi) is 3.53. The highest BCUT2D eigenvalue weighted by Gasteiger charge is 2.31. The largest absolute Gasteiger partial charge is 0.481 e. The molecule has 0 aromatic heterocycles. The normalized spacial score (nSPS) is 21.4. The number of urea groups is 1. The third-order valence-electron chi connectivity index (χ3n) is 4.09. The number of halogens is 1. The van der Waals surface area contributed by atoms with Gasteiger partial charge in [-0.05, 0) is 48.9 Å². The average Bonchev–Trinajstić information content (AvgIpc) is 3.16. The van der Waals surface area contributed by atoms with Crippen LogP contribution in [0.2, 0.25) is 0 Å². The van der Waals surface area contributed by atoms with Gasteiger partial charge in [-0.1, -0.05) is 0 Å². The fourth-order valence-corrected chi connectivity index (χ4v) is 2.68. The fourth-order valence-electron chi connectivity index (χ4n) is 2.68. The number of aliphatic carboxylic acids is 1. The first-order chi connectivity index (χ1) is 10.0. The van der Waals surface area contributed by atoms with E-state index in [-0.39, 0.29) is 24.3 Å². The van der Waals surface area contributed by atoms with Gasteiger partial charge < -0.3 is 15.3 Å². The molecule has 1 aromatic carbocycles. The van der Waals surface area contributed by atoms with Gasteiger partial charge in [0.15, 0.2) is 0 Å². The first-order valence-electron chi connectivity index (χ1n) is 7.13. The molecular formula is C15H17FN2O3. The molecule has 0 radical (unpaired) electrons. The van der Waals surface area contributed by atoms with E-state index in [0.29, 0.717) is 24.2 Å². The lowest BCUT2D eigenvalue weighted by Crippen LogP contribution is -2.33. The van der Waals surface area contributed by atoms with Crippen LogP contribution in [0.3, 0.4) is 0 Å². The number of benzene rings is 1. The quantitative estimate of drug-likeness (QED) is 0.899. The molecule has 1 aliphatic carbocycles. The van der Waals surface area contributed by atoms with Crippen LogP contribution in [0.4, 0.5) is 14.9 Å². The molecule has 2 fully saturated rings. The van der Waals surface area contributed by atoms with Crippen molar-refractivity contribution >= 4 is 17.7 Å². The number of rotatable bonds is 3. The molecule has 5 nitrogen and oxygen atoms in total. The molecule has 0 spiro atoms. The number of carboxylic acids is 1. The van der Waals surface area contributed by atoms with Gasteiger partial charge in [-0.3, -0.25) is 4.79 Å². The van der Waals surface area contributed by atoms with Crippen LogP contribution in [0.5, 0.6) is 0 Å². The number of hydrogen-bond acceptors (Lipinski definition) is 2. The van der Waals surface area contributed by atoms with Gasteiger partial charge in [0.2, 0.25) is 0 Å². The van der Waals surface area contributed by atoms with Crippen molar-refractivity contribution in [3.63, 3.8) is 0 Å². The molecule has 1 saturated carbocycles. The Balaban J connectivity index is 1.65. The Morgan fingerprint density at radius 3 is 2.67 bits per heavy atom. The third kappa shape index (κ3) is 2.99. The number of carbonyl (C=O) groups is 2. The summed E-state index contributed by atoms with van der Waals surface area (Å²) in [5.41, 5.74) is 1.21. The van der Waals surface area contributed by atoms with Crippen LogP contribution in [0.15, 0.2) is 18.2 Å². The van der Waals surface area contributed by atoms with E-state index in [0.717, 1.165) is 12.8 Å². The molecule has 2 N–H and O–H groups in total. The van der Waals surface area contributed by atoms with Gasteiger partial charge in [0.1, 0.15) is 5.82 Å². The number of hydrogen-bond donors (Lipinski definition) is 2. The number of nitrogens with one attached hydrogen (secondary N) is 1. The second kappa shape index (κ2) is 5.35. The minimum Gasteiger partial charge on any atom is -0.481 e. The summed E-state index contributed by atoms with van der Waals surface area (Å²) >= 11 is 0. The van der Waals surface area contributed by atoms with Gasteiger partial charge in [-0.15, -0.1) is 0 Å². The van der Waals surface area contributed by atoms with Crippen LogP contribution < -0.4 is 5.32 Å². The van der Waals surface area contributed by atoms with E-state index in [1.807, 2.05) is 0 Å². The van der Waals surface area contributed by atoms with E-state index in [1.165, 1.54) is 17.0 Å². The number of nitrogens with zero attached hydrogens (tertiary/aromatic N) is 1. The van der Waals surface area contributed by atoms with Crippen molar-refractivity contribution in [3.8, 4) is 0 Å². The first kappa shape index (κ1) is 13.9.